The first kappa shape index (κ1) is 18.6. The van der Waals surface area contributed by atoms with E-state index in [1.807, 2.05) is 32.6 Å². The van der Waals surface area contributed by atoms with E-state index in [1.54, 1.807) is 12.3 Å². The zero-order valence-corrected chi connectivity index (χ0v) is 16.5. The summed E-state index contributed by atoms with van der Waals surface area (Å²) < 4.78 is 11.6. The second kappa shape index (κ2) is 7.56. The Labute approximate surface area is 155 Å². The summed E-state index contributed by atoms with van der Waals surface area (Å²) in [4.78, 5) is 14.8. The molecule has 0 bridgehead atoms. The molecular formula is C22H29NO3. The van der Waals surface area contributed by atoms with Crippen molar-refractivity contribution in [2.24, 2.45) is 0 Å². The van der Waals surface area contributed by atoms with E-state index < -0.39 is 0 Å². The van der Waals surface area contributed by atoms with E-state index in [4.69, 9.17) is 9.15 Å². The van der Waals surface area contributed by atoms with Gasteiger partial charge in [0.2, 0.25) is 5.91 Å². The van der Waals surface area contributed by atoms with Crippen molar-refractivity contribution >= 4 is 22.4 Å². The molecule has 2 aromatic rings. The summed E-state index contributed by atoms with van der Waals surface area (Å²) in [5.74, 6) is 0.904. The number of fused-ring (bicyclic) bond motifs is 1. The number of allylic oxidation sites excluding steroid dienone is 1. The summed E-state index contributed by atoms with van der Waals surface area (Å²) in [7, 11) is 0. The fourth-order valence-corrected chi connectivity index (χ4v) is 3.83. The number of carbonyl (C=O) groups is 1. The van der Waals surface area contributed by atoms with Crippen LogP contribution in [0.2, 0.25) is 0 Å². The van der Waals surface area contributed by atoms with Gasteiger partial charge in [-0.3, -0.25) is 4.79 Å². The quantitative estimate of drug-likeness (QED) is 0.703. The van der Waals surface area contributed by atoms with Crippen molar-refractivity contribution in [3.05, 3.63) is 35.1 Å². The van der Waals surface area contributed by atoms with Crippen LogP contribution < -0.4 is 4.74 Å². The van der Waals surface area contributed by atoms with Gasteiger partial charge >= 0.3 is 0 Å². The fourth-order valence-electron chi connectivity index (χ4n) is 3.83. The summed E-state index contributed by atoms with van der Waals surface area (Å²) in [6.45, 7) is 11.6. The number of furan rings is 1. The minimum Gasteiger partial charge on any atom is -0.493 e. The summed E-state index contributed by atoms with van der Waals surface area (Å²) in [5.41, 5.74) is 4.84. The molecule has 0 N–H and O–H groups in total. The molecule has 1 saturated heterocycles. The maximum atomic E-state index is 12.8. The van der Waals surface area contributed by atoms with E-state index in [0.717, 1.165) is 58.4 Å². The van der Waals surface area contributed by atoms with Crippen molar-refractivity contribution in [3.63, 3.8) is 0 Å². The van der Waals surface area contributed by atoms with E-state index in [-0.39, 0.29) is 5.91 Å². The molecule has 1 aliphatic rings. The zero-order chi connectivity index (χ0) is 18.8. The lowest BCUT2D eigenvalue weighted by molar-refractivity contribution is -0.129. The van der Waals surface area contributed by atoms with Crippen LogP contribution in [0.3, 0.4) is 0 Å². The smallest absolute Gasteiger partial charge is 0.247 e. The van der Waals surface area contributed by atoms with Gasteiger partial charge in [-0.15, -0.1) is 0 Å². The zero-order valence-electron chi connectivity index (χ0n) is 16.5. The molecule has 2 heterocycles. The molecule has 1 aromatic carbocycles. The number of amides is 1. The standard InChI is InChI=1S/C22H29NO3/c1-6-25-21-17(5)22-19(15(3)13-26-22)12-18(21)14(2)11-20(24)23-10-8-7-9-16(23)4/h11-13,16H,6-10H2,1-5H3/b14-11+. The van der Waals surface area contributed by atoms with E-state index in [2.05, 4.69) is 13.0 Å². The van der Waals surface area contributed by atoms with Crippen LogP contribution in [0.15, 0.2) is 22.8 Å². The molecule has 3 rings (SSSR count). The second-order valence-corrected chi connectivity index (χ2v) is 7.31. The van der Waals surface area contributed by atoms with Gasteiger partial charge < -0.3 is 14.1 Å². The summed E-state index contributed by atoms with van der Waals surface area (Å²) in [5, 5.41) is 1.08. The summed E-state index contributed by atoms with van der Waals surface area (Å²) in [6.07, 6.45) is 6.92. The van der Waals surface area contributed by atoms with Crippen LogP contribution in [0.1, 0.15) is 56.7 Å². The molecule has 1 fully saturated rings. The van der Waals surface area contributed by atoms with E-state index in [1.165, 1.54) is 6.42 Å². The number of nitrogens with zero attached hydrogens (tertiary/aromatic N) is 1. The first-order valence-electron chi connectivity index (χ1n) is 9.57. The third-order valence-electron chi connectivity index (χ3n) is 5.38. The van der Waals surface area contributed by atoms with Crippen LogP contribution in [0.5, 0.6) is 5.75 Å². The molecule has 0 radical (unpaired) electrons. The molecule has 0 spiro atoms. The predicted molar refractivity (Wildman–Crippen MR) is 106 cm³/mol. The number of ether oxygens (including phenoxy) is 1. The number of hydrogen-bond donors (Lipinski definition) is 0. The third kappa shape index (κ3) is 3.37. The lowest BCUT2D eigenvalue weighted by Gasteiger charge is -2.32. The van der Waals surface area contributed by atoms with Crippen LogP contribution in [0.4, 0.5) is 0 Å². The van der Waals surface area contributed by atoms with Gasteiger partial charge in [-0.1, -0.05) is 0 Å². The molecule has 1 aromatic heterocycles. The van der Waals surface area contributed by atoms with Crippen molar-refractivity contribution in [1.82, 2.24) is 4.90 Å². The summed E-state index contributed by atoms with van der Waals surface area (Å²) >= 11 is 0. The molecule has 0 aliphatic carbocycles. The van der Waals surface area contributed by atoms with Gasteiger partial charge in [0.1, 0.15) is 11.3 Å². The van der Waals surface area contributed by atoms with Gasteiger partial charge in [-0.25, -0.2) is 0 Å². The van der Waals surface area contributed by atoms with Gasteiger partial charge in [0.25, 0.3) is 0 Å². The Bertz CT molecular complexity index is 847. The summed E-state index contributed by atoms with van der Waals surface area (Å²) in [6, 6.07) is 2.40. The maximum Gasteiger partial charge on any atom is 0.247 e. The normalized spacial score (nSPS) is 18.4. The molecule has 1 unspecified atom stereocenters. The Morgan fingerprint density at radius 1 is 1.38 bits per heavy atom. The van der Waals surface area contributed by atoms with Crippen molar-refractivity contribution < 1.29 is 13.9 Å². The minimum atomic E-state index is 0.0961. The molecule has 0 saturated carbocycles. The Morgan fingerprint density at radius 3 is 2.85 bits per heavy atom. The lowest BCUT2D eigenvalue weighted by Crippen LogP contribution is -2.41. The molecular weight excluding hydrogens is 326 g/mol. The van der Waals surface area contributed by atoms with E-state index >= 15 is 0 Å². The molecule has 26 heavy (non-hydrogen) atoms. The predicted octanol–water partition coefficient (Wildman–Crippen LogP) is 5.25. The fraction of sp³-hybridized carbons (Fsp3) is 0.500. The van der Waals surface area contributed by atoms with Gasteiger partial charge in [0.05, 0.1) is 12.9 Å². The number of piperidine rings is 1. The minimum absolute atomic E-state index is 0.0961. The molecule has 1 aliphatic heterocycles. The Hall–Kier alpha value is -2.23. The van der Waals surface area contributed by atoms with Gasteiger partial charge in [0, 0.05) is 35.2 Å². The Kier molecular flexibility index (Phi) is 5.40. The van der Waals surface area contributed by atoms with Crippen LogP contribution in [-0.4, -0.2) is 30.0 Å². The number of aryl methyl sites for hydroxylation is 2. The average Bonchev–Trinajstić information content (AvgIpc) is 2.98. The SMILES string of the molecule is CCOc1c(/C(C)=C/C(=O)N2CCCCC2C)cc2c(C)coc2c1C. The van der Waals surface area contributed by atoms with Gasteiger partial charge in [-0.2, -0.15) is 0 Å². The molecule has 1 amide bonds. The van der Waals surface area contributed by atoms with Crippen molar-refractivity contribution in [1.29, 1.82) is 0 Å². The number of likely N-dealkylation sites (tertiary alicyclic amines) is 1. The second-order valence-electron chi connectivity index (χ2n) is 7.31. The number of carbonyl (C=O) groups excluding carboxylic acids is 1. The van der Waals surface area contributed by atoms with Gasteiger partial charge in [-0.05, 0) is 71.1 Å². The van der Waals surface area contributed by atoms with Crippen LogP contribution in [-0.2, 0) is 4.79 Å². The van der Waals surface area contributed by atoms with Gasteiger partial charge in [0.15, 0.2) is 0 Å². The molecule has 1 atom stereocenters. The average molecular weight is 355 g/mol. The van der Waals surface area contributed by atoms with Crippen LogP contribution in [0.25, 0.3) is 16.5 Å². The van der Waals surface area contributed by atoms with E-state index in [0.29, 0.717) is 12.6 Å². The third-order valence-corrected chi connectivity index (χ3v) is 5.38. The number of benzene rings is 1. The highest BCUT2D eigenvalue weighted by Crippen LogP contribution is 2.37. The maximum absolute atomic E-state index is 12.8. The topological polar surface area (TPSA) is 42.7 Å². The first-order valence-corrected chi connectivity index (χ1v) is 9.57. The van der Waals surface area contributed by atoms with Crippen molar-refractivity contribution in [3.8, 4) is 5.75 Å². The first-order chi connectivity index (χ1) is 12.4. The monoisotopic (exact) mass is 355 g/mol. The highest BCUT2D eigenvalue weighted by atomic mass is 16.5. The Morgan fingerprint density at radius 2 is 2.15 bits per heavy atom. The van der Waals surface area contributed by atoms with Crippen molar-refractivity contribution in [2.75, 3.05) is 13.2 Å². The number of rotatable bonds is 4. The number of hydrogen-bond acceptors (Lipinski definition) is 3. The molecule has 4 nitrogen and oxygen atoms in total. The van der Waals surface area contributed by atoms with Crippen molar-refractivity contribution in [2.45, 2.75) is 59.9 Å². The lowest BCUT2D eigenvalue weighted by atomic mass is 9.98. The highest BCUT2D eigenvalue weighted by molar-refractivity contribution is 5.98. The molecule has 140 valence electrons. The Balaban J connectivity index is 2.03. The van der Waals surface area contributed by atoms with Crippen LogP contribution >= 0.6 is 0 Å². The largest absolute Gasteiger partial charge is 0.493 e. The highest BCUT2D eigenvalue weighted by Gasteiger charge is 2.23. The molecule has 4 heteroatoms. The van der Waals surface area contributed by atoms with E-state index in [9.17, 15) is 4.79 Å². The van der Waals surface area contributed by atoms with Crippen LogP contribution in [0, 0.1) is 13.8 Å².